The molecule has 0 aromatic heterocycles. The molecule has 0 saturated heterocycles. The van der Waals surface area contributed by atoms with Gasteiger partial charge in [-0.05, 0) is 38.6 Å². The number of rotatable bonds is 4. The highest BCUT2D eigenvalue weighted by Gasteiger charge is 2.17. The van der Waals surface area contributed by atoms with E-state index in [1.54, 1.807) is 0 Å². The topological polar surface area (TPSA) is 32.3 Å². The minimum absolute atomic E-state index is 0.159. The molecule has 1 aliphatic rings. The third-order valence-corrected chi connectivity index (χ3v) is 2.93. The van der Waals surface area contributed by atoms with Gasteiger partial charge in [0.25, 0.3) is 0 Å². The first-order chi connectivity index (χ1) is 6.18. The summed E-state index contributed by atoms with van der Waals surface area (Å²) in [5.74, 6) is 0.887. The molecule has 0 aromatic rings. The first-order valence-electron chi connectivity index (χ1n) is 5.60. The van der Waals surface area contributed by atoms with E-state index < -0.39 is 0 Å². The Bertz CT molecular complexity index is 136. The Morgan fingerprint density at radius 1 is 1.46 bits per heavy atom. The van der Waals surface area contributed by atoms with Gasteiger partial charge in [-0.25, -0.2) is 0 Å². The molecule has 13 heavy (non-hydrogen) atoms. The normalized spacial score (nSPS) is 31.6. The van der Waals surface area contributed by atoms with Gasteiger partial charge in [0, 0.05) is 6.04 Å². The first-order valence-corrected chi connectivity index (χ1v) is 5.60. The Labute approximate surface area is 81.7 Å². The number of nitrogens with one attached hydrogen (secondary N) is 1. The summed E-state index contributed by atoms with van der Waals surface area (Å²) in [4.78, 5) is 0. The summed E-state index contributed by atoms with van der Waals surface area (Å²) in [7, 11) is 0. The Morgan fingerprint density at radius 3 is 2.85 bits per heavy atom. The second-order valence-electron chi connectivity index (χ2n) is 4.56. The molecule has 0 heterocycles. The molecule has 0 unspecified atom stereocenters. The summed E-state index contributed by atoms with van der Waals surface area (Å²) < 4.78 is 0. The van der Waals surface area contributed by atoms with Crippen molar-refractivity contribution >= 4 is 0 Å². The first kappa shape index (κ1) is 11.0. The summed E-state index contributed by atoms with van der Waals surface area (Å²) in [5.41, 5.74) is 0. The molecule has 2 nitrogen and oxygen atoms in total. The van der Waals surface area contributed by atoms with E-state index in [-0.39, 0.29) is 6.10 Å². The maximum atomic E-state index is 9.09. The van der Waals surface area contributed by atoms with E-state index in [4.69, 9.17) is 5.11 Å². The van der Waals surface area contributed by atoms with Crippen molar-refractivity contribution in [1.29, 1.82) is 0 Å². The van der Waals surface area contributed by atoms with Crippen LogP contribution in [0.15, 0.2) is 0 Å². The second-order valence-corrected chi connectivity index (χ2v) is 4.56. The lowest BCUT2D eigenvalue weighted by molar-refractivity contribution is 0.179. The van der Waals surface area contributed by atoms with Crippen LogP contribution in [0.1, 0.15) is 46.0 Å². The number of aliphatic hydroxyl groups is 1. The third kappa shape index (κ3) is 4.63. The zero-order chi connectivity index (χ0) is 9.68. The van der Waals surface area contributed by atoms with Crippen LogP contribution in [-0.4, -0.2) is 23.8 Å². The summed E-state index contributed by atoms with van der Waals surface area (Å²) in [6, 6.07) is 0.711. The van der Waals surface area contributed by atoms with Crippen LogP contribution >= 0.6 is 0 Å². The van der Waals surface area contributed by atoms with Gasteiger partial charge in [0.2, 0.25) is 0 Å². The summed E-state index contributed by atoms with van der Waals surface area (Å²) in [6.45, 7) is 5.16. The molecule has 1 rings (SSSR count). The van der Waals surface area contributed by atoms with Gasteiger partial charge in [-0.1, -0.05) is 19.8 Å². The monoisotopic (exact) mass is 185 g/mol. The fourth-order valence-electron chi connectivity index (χ4n) is 2.12. The largest absolute Gasteiger partial charge is 0.393 e. The van der Waals surface area contributed by atoms with Crippen molar-refractivity contribution in [1.82, 2.24) is 5.32 Å². The number of aliphatic hydroxyl groups excluding tert-OH is 1. The van der Waals surface area contributed by atoms with E-state index in [1.807, 2.05) is 6.92 Å². The second kappa shape index (κ2) is 5.61. The molecule has 0 aromatic carbocycles. The van der Waals surface area contributed by atoms with Gasteiger partial charge in [0.15, 0.2) is 0 Å². The lowest BCUT2D eigenvalue weighted by Crippen LogP contribution is -2.35. The van der Waals surface area contributed by atoms with Crippen LogP contribution in [0.3, 0.4) is 0 Å². The highest BCUT2D eigenvalue weighted by Crippen LogP contribution is 2.23. The SMILES string of the molecule is C[C@@H]1CCC[C@@H](NCC[C@@H](C)O)C1. The molecule has 0 radical (unpaired) electrons. The van der Waals surface area contributed by atoms with Gasteiger partial charge in [-0.3, -0.25) is 0 Å². The standard InChI is InChI=1S/C11H23NO/c1-9-4-3-5-11(8-9)12-7-6-10(2)13/h9-13H,3-8H2,1-2H3/t9-,10-,11-/m1/s1. The van der Waals surface area contributed by atoms with Crippen molar-refractivity contribution in [2.45, 2.75) is 58.1 Å². The van der Waals surface area contributed by atoms with Crippen LogP contribution in [-0.2, 0) is 0 Å². The van der Waals surface area contributed by atoms with Gasteiger partial charge in [-0.2, -0.15) is 0 Å². The Hall–Kier alpha value is -0.0800. The minimum Gasteiger partial charge on any atom is -0.393 e. The van der Waals surface area contributed by atoms with Gasteiger partial charge < -0.3 is 10.4 Å². The van der Waals surface area contributed by atoms with Crippen molar-refractivity contribution in [2.24, 2.45) is 5.92 Å². The quantitative estimate of drug-likeness (QED) is 0.701. The van der Waals surface area contributed by atoms with Crippen molar-refractivity contribution in [3.63, 3.8) is 0 Å². The fraction of sp³-hybridized carbons (Fsp3) is 1.00. The summed E-state index contributed by atoms with van der Waals surface area (Å²) >= 11 is 0. The van der Waals surface area contributed by atoms with Crippen molar-refractivity contribution in [3.8, 4) is 0 Å². The Morgan fingerprint density at radius 2 is 2.23 bits per heavy atom. The lowest BCUT2D eigenvalue weighted by atomic mass is 9.87. The van der Waals surface area contributed by atoms with Crippen molar-refractivity contribution in [3.05, 3.63) is 0 Å². The van der Waals surface area contributed by atoms with Gasteiger partial charge in [-0.15, -0.1) is 0 Å². The fourth-order valence-corrected chi connectivity index (χ4v) is 2.12. The average Bonchev–Trinajstić information content (AvgIpc) is 2.03. The van der Waals surface area contributed by atoms with E-state index in [0.29, 0.717) is 6.04 Å². The zero-order valence-corrected chi connectivity index (χ0v) is 8.92. The van der Waals surface area contributed by atoms with E-state index in [9.17, 15) is 0 Å². The zero-order valence-electron chi connectivity index (χ0n) is 8.92. The average molecular weight is 185 g/mol. The molecule has 1 aliphatic carbocycles. The molecule has 78 valence electrons. The Kier molecular flexibility index (Phi) is 4.74. The number of hydrogen-bond acceptors (Lipinski definition) is 2. The van der Waals surface area contributed by atoms with Gasteiger partial charge in [0.1, 0.15) is 0 Å². The smallest absolute Gasteiger partial charge is 0.0524 e. The van der Waals surface area contributed by atoms with Crippen LogP contribution in [0.5, 0.6) is 0 Å². The predicted molar refractivity (Wildman–Crippen MR) is 55.7 cm³/mol. The Balaban J connectivity index is 2.06. The van der Waals surface area contributed by atoms with Gasteiger partial charge in [0.05, 0.1) is 6.10 Å². The molecule has 2 heteroatoms. The van der Waals surface area contributed by atoms with Crippen LogP contribution in [0, 0.1) is 5.92 Å². The van der Waals surface area contributed by atoms with Crippen LogP contribution in [0.2, 0.25) is 0 Å². The van der Waals surface area contributed by atoms with Gasteiger partial charge >= 0.3 is 0 Å². The highest BCUT2D eigenvalue weighted by molar-refractivity contribution is 4.75. The van der Waals surface area contributed by atoms with Crippen molar-refractivity contribution < 1.29 is 5.11 Å². The molecule has 1 saturated carbocycles. The van der Waals surface area contributed by atoms with Crippen LogP contribution in [0.25, 0.3) is 0 Å². The molecule has 1 fully saturated rings. The molecule has 0 aliphatic heterocycles. The summed E-state index contributed by atoms with van der Waals surface area (Å²) in [6.07, 6.45) is 6.13. The molecule has 0 amide bonds. The maximum Gasteiger partial charge on any atom is 0.0524 e. The molecular formula is C11H23NO. The van der Waals surface area contributed by atoms with Crippen LogP contribution < -0.4 is 5.32 Å². The molecule has 0 spiro atoms. The predicted octanol–water partition coefficient (Wildman–Crippen LogP) is 1.93. The molecule has 3 atom stereocenters. The van der Waals surface area contributed by atoms with Crippen LogP contribution in [0.4, 0.5) is 0 Å². The lowest BCUT2D eigenvalue weighted by Gasteiger charge is -2.27. The minimum atomic E-state index is -0.159. The van der Waals surface area contributed by atoms with E-state index in [2.05, 4.69) is 12.2 Å². The van der Waals surface area contributed by atoms with E-state index >= 15 is 0 Å². The molecule has 0 bridgehead atoms. The maximum absolute atomic E-state index is 9.09. The third-order valence-electron chi connectivity index (χ3n) is 2.93. The number of hydrogen-bond donors (Lipinski definition) is 2. The summed E-state index contributed by atoms with van der Waals surface area (Å²) in [5, 5.41) is 12.6. The van der Waals surface area contributed by atoms with E-state index in [0.717, 1.165) is 18.9 Å². The van der Waals surface area contributed by atoms with Crippen molar-refractivity contribution in [2.75, 3.05) is 6.54 Å². The van der Waals surface area contributed by atoms with E-state index in [1.165, 1.54) is 25.7 Å². The highest BCUT2D eigenvalue weighted by atomic mass is 16.3. The molecule has 2 N–H and O–H groups in total. The molecular weight excluding hydrogens is 162 g/mol.